The number of carbonyl (C=O) groups excluding carboxylic acids is 1. The van der Waals surface area contributed by atoms with Crippen molar-refractivity contribution in [1.82, 2.24) is 19.5 Å². The van der Waals surface area contributed by atoms with E-state index in [-0.39, 0.29) is 22.9 Å². The molecular formula is C21H23F3N4OS. The molecular weight excluding hydrogens is 413 g/mol. The number of hydrogen-bond donors (Lipinski definition) is 0. The molecule has 0 N–H and O–H groups in total. The van der Waals surface area contributed by atoms with Gasteiger partial charge in [0.25, 0.3) is 5.91 Å². The summed E-state index contributed by atoms with van der Waals surface area (Å²) >= 11 is 1.39. The molecule has 1 saturated heterocycles. The summed E-state index contributed by atoms with van der Waals surface area (Å²) in [6, 6.07) is 6.37. The molecule has 3 aromatic heterocycles. The van der Waals surface area contributed by atoms with Crippen LogP contribution >= 0.6 is 11.3 Å². The van der Waals surface area contributed by atoms with Crippen LogP contribution in [0.3, 0.4) is 0 Å². The molecule has 1 aliphatic heterocycles. The number of aromatic nitrogens is 3. The van der Waals surface area contributed by atoms with Crippen LogP contribution < -0.4 is 0 Å². The highest BCUT2D eigenvalue weighted by atomic mass is 32.1. The number of likely N-dealkylation sites (tertiary alicyclic amines) is 1. The van der Waals surface area contributed by atoms with Gasteiger partial charge in [-0.1, -0.05) is 26.8 Å². The number of hydrogen-bond acceptors (Lipinski definition) is 4. The first kappa shape index (κ1) is 20.8. The zero-order chi connectivity index (χ0) is 21.7. The van der Waals surface area contributed by atoms with Crippen molar-refractivity contribution in [2.24, 2.45) is 0 Å². The van der Waals surface area contributed by atoms with E-state index < -0.39 is 11.9 Å². The van der Waals surface area contributed by atoms with E-state index in [4.69, 9.17) is 0 Å². The lowest BCUT2D eigenvalue weighted by Crippen LogP contribution is -2.37. The van der Waals surface area contributed by atoms with Crippen molar-refractivity contribution >= 4 is 22.9 Å². The molecule has 0 radical (unpaired) electrons. The van der Waals surface area contributed by atoms with Gasteiger partial charge in [0.15, 0.2) is 5.65 Å². The average Bonchev–Trinajstić information content (AvgIpc) is 3.35. The maximum absolute atomic E-state index is 13.8. The average molecular weight is 437 g/mol. The molecule has 4 heterocycles. The number of nitrogens with zero attached hydrogens (tertiary/aromatic N) is 4. The van der Waals surface area contributed by atoms with Crippen LogP contribution in [0, 0.1) is 0 Å². The monoisotopic (exact) mass is 436 g/mol. The summed E-state index contributed by atoms with van der Waals surface area (Å²) in [5, 5.41) is 6.04. The third-order valence-electron chi connectivity index (χ3n) is 5.44. The predicted octanol–water partition coefficient (Wildman–Crippen LogP) is 5.13. The summed E-state index contributed by atoms with van der Waals surface area (Å²) in [7, 11) is 0. The molecule has 160 valence electrons. The van der Waals surface area contributed by atoms with Crippen molar-refractivity contribution < 1.29 is 18.0 Å². The molecule has 9 heteroatoms. The molecule has 1 aliphatic rings. The van der Waals surface area contributed by atoms with Gasteiger partial charge in [-0.15, -0.1) is 11.3 Å². The second-order valence-electron chi connectivity index (χ2n) is 8.66. The lowest BCUT2D eigenvalue weighted by molar-refractivity contribution is -0.142. The molecule has 1 amide bonds. The first-order valence-electron chi connectivity index (χ1n) is 9.85. The number of alkyl halides is 3. The van der Waals surface area contributed by atoms with Crippen LogP contribution in [-0.4, -0.2) is 38.5 Å². The summed E-state index contributed by atoms with van der Waals surface area (Å²) < 4.78 is 42.2. The summed E-state index contributed by atoms with van der Waals surface area (Å²) in [5.41, 5.74) is -0.00567. The van der Waals surface area contributed by atoms with Crippen LogP contribution in [0.15, 0.2) is 29.6 Å². The highest BCUT2D eigenvalue weighted by molar-refractivity contribution is 7.12. The Balaban J connectivity index is 1.62. The molecule has 0 unspecified atom stereocenters. The first-order chi connectivity index (χ1) is 14.0. The Kier molecular flexibility index (Phi) is 5.12. The molecule has 5 nitrogen and oxygen atoms in total. The third-order valence-corrected chi connectivity index (χ3v) is 6.30. The minimum atomic E-state index is -4.53. The van der Waals surface area contributed by atoms with Gasteiger partial charge in [-0.25, -0.2) is 9.50 Å². The van der Waals surface area contributed by atoms with Gasteiger partial charge >= 0.3 is 6.18 Å². The van der Waals surface area contributed by atoms with Gasteiger partial charge in [-0.05, 0) is 30.4 Å². The maximum atomic E-state index is 13.8. The largest absolute Gasteiger partial charge is 0.433 e. The molecule has 0 saturated carbocycles. The number of amides is 1. The van der Waals surface area contributed by atoms with Crippen molar-refractivity contribution in [2.75, 3.05) is 13.1 Å². The second-order valence-corrected chi connectivity index (χ2v) is 9.61. The van der Waals surface area contributed by atoms with Gasteiger partial charge < -0.3 is 4.90 Å². The highest BCUT2D eigenvalue weighted by Crippen LogP contribution is 2.35. The summed E-state index contributed by atoms with van der Waals surface area (Å²) in [4.78, 5) is 19.5. The van der Waals surface area contributed by atoms with Crippen LogP contribution in [0.5, 0.6) is 0 Å². The molecule has 0 aromatic carbocycles. The third kappa shape index (κ3) is 3.95. The lowest BCUT2D eigenvalue weighted by atomic mass is 9.92. The zero-order valence-corrected chi connectivity index (χ0v) is 17.8. The number of thiophene rings is 1. The Hall–Kier alpha value is -2.42. The van der Waals surface area contributed by atoms with Gasteiger partial charge in [-0.2, -0.15) is 18.3 Å². The van der Waals surface area contributed by atoms with Gasteiger partial charge in [0.2, 0.25) is 0 Å². The normalized spacial score (nSPS) is 16.4. The number of halogens is 3. The minimum Gasteiger partial charge on any atom is -0.338 e. The van der Waals surface area contributed by atoms with Crippen LogP contribution in [0.4, 0.5) is 13.2 Å². The number of rotatable bonds is 2. The molecule has 1 fully saturated rings. The van der Waals surface area contributed by atoms with Crippen molar-refractivity contribution in [3.05, 3.63) is 51.6 Å². The Morgan fingerprint density at radius 1 is 1.17 bits per heavy atom. The first-order valence-corrected chi connectivity index (χ1v) is 10.7. The lowest BCUT2D eigenvalue weighted by Gasteiger charge is -2.31. The Labute approximate surface area is 176 Å². The van der Waals surface area contributed by atoms with Crippen LogP contribution in [-0.2, 0) is 11.6 Å². The second kappa shape index (κ2) is 7.37. The molecule has 0 bridgehead atoms. The zero-order valence-electron chi connectivity index (χ0n) is 17.0. The SMILES string of the molecule is CC(C)(C)c1cc2nc(C3CCN(C(=O)c4cccs4)CC3)cc(C(F)(F)F)n2n1. The van der Waals surface area contributed by atoms with E-state index in [1.54, 1.807) is 17.0 Å². The van der Waals surface area contributed by atoms with Crippen molar-refractivity contribution in [3.63, 3.8) is 0 Å². The van der Waals surface area contributed by atoms with Crippen molar-refractivity contribution in [2.45, 2.75) is 51.1 Å². The topological polar surface area (TPSA) is 50.5 Å². The van der Waals surface area contributed by atoms with Crippen LogP contribution in [0.25, 0.3) is 5.65 Å². The molecule has 0 spiro atoms. The Morgan fingerprint density at radius 3 is 2.43 bits per heavy atom. The fourth-order valence-electron chi connectivity index (χ4n) is 3.71. The number of piperidine rings is 1. The summed E-state index contributed by atoms with van der Waals surface area (Å²) in [5.74, 6) is -0.148. The van der Waals surface area contributed by atoms with E-state index in [1.807, 2.05) is 32.2 Å². The summed E-state index contributed by atoms with van der Waals surface area (Å²) in [6.45, 7) is 6.72. The smallest absolute Gasteiger partial charge is 0.338 e. The molecule has 30 heavy (non-hydrogen) atoms. The fourth-order valence-corrected chi connectivity index (χ4v) is 4.40. The fraction of sp³-hybridized carbons (Fsp3) is 0.476. The maximum Gasteiger partial charge on any atom is 0.433 e. The van der Waals surface area contributed by atoms with Gasteiger partial charge in [0, 0.05) is 36.2 Å². The van der Waals surface area contributed by atoms with Crippen molar-refractivity contribution in [1.29, 1.82) is 0 Å². The Bertz CT molecular complexity index is 1060. The van der Waals surface area contributed by atoms with E-state index in [2.05, 4.69) is 10.1 Å². The van der Waals surface area contributed by atoms with E-state index in [0.717, 1.165) is 10.6 Å². The molecule has 3 aromatic rings. The van der Waals surface area contributed by atoms with Crippen LogP contribution in [0.2, 0.25) is 0 Å². The predicted molar refractivity (Wildman–Crippen MR) is 109 cm³/mol. The minimum absolute atomic E-state index is 0.0200. The van der Waals surface area contributed by atoms with Gasteiger partial charge in [-0.3, -0.25) is 4.79 Å². The number of carbonyl (C=O) groups is 1. The standard InChI is InChI=1S/C21H23F3N4OS/c1-20(2,3)16-12-18-25-14(11-17(21(22,23)24)28(18)26-16)13-6-8-27(9-7-13)19(29)15-5-4-10-30-15/h4-5,10-13H,6-9H2,1-3H3. The van der Waals surface area contributed by atoms with Crippen LogP contribution in [0.1, 0.15) is 66.3 Å². The molecule has 0 atom stereocenters. The van der Waals surface area contributed by atoms with E-state index in [1.165, 1.54) is 11.3 Å². The molecule has 4 rings (SSSR count). The van der Waals surface area contributed by atoms with Gasteiger partial charge in [0.1, 0.15) is 5.69 Å². The van der Waals surface area contributed by atoms with Crippen molar-refractivity contribution in [3.8, 4) is 0 Å². The highest BCUT2D eigenvalue weighted by Gasteiger charge is 2.37. The Morgan fingerprint density at radius 2 is 1.87 bits per heavy atom. The van der Waals surface area contributed by atoms with E-state index >= 15 is 0 Å². The van der Waals surface area contributed by atoms with E-state index in [9.17, 15) is 18.0 Å². The number of fused-ring (bicyclic) bond motifs is 1. The molecule has 0 aliphatic carbocycles. The van der Waals surface area contributed by atoms with Gasteiger partial charge in [0.05, 0.1) is 10.6 Å². The van der Waals surface area contributed by atoms with E-state index in [0.29, 0.717) is 42.2 Å². The summed E-state index contributed by atoms with van der Waals surface area (Å²) in [6.07, 6.45) is -3.37. The quantitative estimate of drug-likeness (QED) is 0.560.